The first-order valence-electron chi connectivity index (χ1n) is 12.2. The molecule has 4 heteroatoms. The molecule has 2 aromatic carbocycles. The van der Waals surface area contributed by atoms with E-state index in [-0.39, 0.29) is 18.3 Å². The smallest absolute Gasteiger partial charge is 0.222 e. The van der Waals surface area contributed by atoms with Gasteiger partial charge in [0.1, 0.15) is 0 Å². The van der Waals surface area contributed by atoms with Crippen LogP contribution in [0, 0.1) is 0 Å². The van der Waals surface area contributed by atoms with Crippen molar-refractivity contribution in [3.8, 4) is 0 Å². The Labute approximate surface area is 202 Å². The fourth-order valence-corrected chi connectivity index (χ4v) is 4.24. The molecule has 1 atom stereocenters. The Kier molecular flexibility index (Phi) is 14.8. The molecule has 0 aliphatic heterocycles. The number of nitrogens with two attached hydrogens (primary N) is 1. The third-order valence-electron chi connectivity index (χ3n) is 6.19. The van der Waals surface area contributed by atoms with Crippen LogP contribution >= 0.6 is 12.4 Å². The maximum Gasteiger partial charge on any atom is 0.222 e. The molecule has 32 heavy (non-hydrogen) atoms. The van der Waals surface area contributed by atoms with Gasteiger partial charge in [0, 0.05) is 20.0 Å². The minimum Gasteiger partial charge on any atom is -0.341 e. The van der Waals surface area contributed by atoms with E-state index < -0.39 is 0 Å². The molecule has 2 aromatic rings. The van der Waals surface area contributed by atoms with Crippen LogP contribution in [0.25, 0.3) is 0 Å². The second kappa shape index (κ2) is 16.7. The number of hydrogen-bond acceptors (Lipinski definition) is 2. The zero-order valence-electron chi connectivity index (χ0n) is 20.1. The number of carbonyl (C=O) groups excluding carboxylic acids is 1. The number of halogens is 1. The molecular formula is C28H43ClN2O. The van der Waals surface area contributed by atoms with Gasteiger partial charge in [0.2, 0.25) is 5.91 Å². The van der Waals surface area contributed by atoms with Crippen LogP contribution in [0.3, 0.4) is 0 Å². The molecule has 0 heterocycles. The molecule has 0 fully saturated rings. The van der Waals surface area contributed by atoms with Crippen molar-refractivity contribution in [1.29, 1.82) is 0 Å². The highest BCUT2D eigenvalue weighted by Gasteiger charge is 2.16. The van der Waals surface area contributed by atoms with E-state index in [1.807, 2.05) is 11.9 Å². The predicted molar refractivity (Wildman–Crippen MR) is 139 cm³/mol. The number of hydrogen-bond donors (Lipinski definition) is 1. The van der Waals surface area contributed by atoms with E-state index in [2.05, 4.69) is 61.5 Å². The standard InChI is InChI=1S/C28H42N2O.ClH/c1-3-4-5-8-17-25(24-15-9-6-10-16-24)22-26-18-12-13-19-27(26)23-30(2)28(31)20-11-7-14-21-29;/h6,9-10,12-13,15-16,18-19,25H,3-5,7-8,11,14,17,20-23,29H2,1-2H3;1H. The van der Waals surface area contributed by atoms with Crippen molar-refractivity contribution in [3.05, 3.63) is 71.3 Å². The number of unbranched alkanes of at least 4 members (excludes halogenated alkanes) is 5. The van der Waals surface area contributed by atoms with Crippen molar-refractivity contribution in [2.45, 2.75) is 83.6 Å². The van der Waals surface area contributed by atoms with Crippen LogP contribution in [0.5, 0.6) is 0 Å². The summed E-state index contributed by atoms with van der Waals surface area (Å²) in [5.74, 6) is 0.752. The van der Waals surface area contributed by atoms with Crippen LogP contribution < -0.4 is 5.73 Å². The molecule has 1 unspecified atom stereocenters. The van der Waals surface area contributed by atoms with E-state index in [0.717, 1.165) is 25.7 Å². The van der Waals surface area contributed by atoms with E-state index in [0.29, 0.717) is 25.4 Å². The summed E-state index contributed by atoms with van der Waals surface area (Å²) in [6, 6.07) is 19.6. The predicted octanol–water partition coefficient (Wildman–Crippen LogP) is 6.88. The van der Waals surface area contributed by atoms with E-state index in [4.69, 9.17) is 5.73 Å². The molecule has 0 radical (unpaired) electrons. The quantitative estimate of drug-likeness (QED) is 0.295. The Morgan fingerprint density at radius 1 is 0.875 bits per heavy atom. The number of benzene rings is 2. The number of carbonyl (C=O) groups is 1. The number of amides is 1. The van der Waals surface area contributed by atoms with Crippen LogP contribution in [-0.4, -0.2) is 24.4 Å². The van der Waals surface area contributed by atoms with Crippen molar-refractivity contribution < 1.29 is 4.79 Å². The monoisotopic (exact) mass is 458 g/mol. The Bertz CT molecular complexity index is 750. The van der Waals surface area contributed by atoms with Crippen LogP contribution in [0.15, 0.2) is 54.6 Å². The first kappa shape index (κ1) is 28.2. The Morgan fingerprint density at radius 3 is 2.22 bits per heavy atom. The second-order valence-corrected chi connectivity index (χ2v) is 8.78. The summed E-state index contributed by atoms with van der Waals surface area (Å²) in [7, 11) is 1.93. The van der Waals surface area contributed by atoms with Gasteiger partial charge in [0.25, 0.3) is 0 Å². The Hall–Kier alpha value is -1.84. The second-order valence-electron chi connectivity index (χ2n) is 8.78. The molecule has 0 saturated heterocycles. The van der Waals surface area contributed by atoms with Gasteiger partial charge in [0.15, 0.2) is 0 Å². The third kappa shape index (κ3) is 10.2. The lowest BCUT2D eigenvalue weighted by molar-refractivity contribution is -0.130. The highest BCUT2D eigenvalue weighted by atomic mass is 35.5. The van der Waals surface area contributed by atoms with E-state index >= 15 is 0 Å². The molecule has 0 saturated carbocycles. The molecule has 0 spiro atoms. The Balaban J connectivity index is 0.00000512. The van der Waals surface area contributed by atoms with Gasteiger partial charge in [-0.05, 0) is 54.8 Å². The van der Waals surface area contributed by atoms with Crippen LogP contribution in [0.2, 0.25) is 0 Å². The molecule has 0 aliphatic carbocycles. The van der Waals surface area contributed by atoms with E-state index in [9.17, 15) is 4.79 Å². The molecule has 3 nitrogen and oxygen atoms in total. The van der Waals surface area contributed by atoms with Gasteiger partial charge in [0.05, 0.1) is 0 Å². The SMILES string of the molecule is CCCCCCC(Cc1ccccc1CN(C)C(=O)CCCCCN)c1ccccc1.Cl. The van der Waals surface area contributed by atoms with Gasteiger partial charge in [-0.2, -0.15) is 0 Å². The van der Waals surface area contributed by atoms with E-state index in [1.165, 1.54) is 48.8 Å². The van der Waals surface area contributed by atoms with Gasteiger partial charge >= 0.3 is 0 Å². The van der Waals surface area contributed by atoms with Gasteiger partial charge in [-0.15, -0.1) is 12.4 Å². The average Bonchev–Trinajstić information content (AvgIpc) is 2.80. The minimum atomic E-state index is 0. The molecule has 0 aromatic heterocycles. The lowest BCUT2D eigenvalue weighted by Gasteiger charge is -2.22. The number of rotatable bonds is 15. The molecular weight excluding hydrogens is 416 g/mol. The summed E-state index contributed by atoms with van der Waals surface area (Å²) >= 11 is 0. The lowest BCUT2D eigenvalue weighted by atomic mass is 9.86. The fraction of sp³-hybridized carbons (Fsp3) is 0.536. The average molecular weight is 459 g/mol. The normalized spacial score (nSPS) is 11.6. The highest BCUT2D eigenvalue weighted by molar-refractivity contribution is 5.85. The summed E-state index contributed by atoms with van der Waals surface area (Å²) in [5, 5.41) is 0. The zero-order chi connectivity index (χ0) is 22.3. The van der Waals surface area contributed by atoms with Crippen LogP contribution in [0.1, 0.15) is 87.3 Å². The van der Waals surface area contributed by atoms with E-state index in [1.54, 1.807) is 0 Å². The summed E-state index contributed by atoms with van der Waals surface area (Å²) in [6.45, 7) is 3.66. The molecule has 2 N–H and O–H groups in total. The lowest BCUT2D eigenvalue weighted by Crippen LogP contribution is -2.26. The summed E-state index contributed by atoms with van der Waals surface area (Å²) in [4.78, 5) is 14.5. The van der Waals surface area contributed by atoms with Crippen LogP contribution in [-0.2, 0) is 17.8 Å². The van der Waals surface area contributed by atoms with Crippen molar-refractivity contribution in [2.24, 2.45) is 5.73 Å². The molecule has 178 valence electrons. The fourth-order valence-electron chi connectivity index (χ4n) is 4.24. The minimum absolute atomic E-state index is 0. The first-order valence-corrected chi connectivity index (χ1v) is 12.2. The van der Waals surface area contributed by atoms with Crippen molar-refractivity contribution >= 4 is 18.3 Å². The van der Waals surface area contributed by atoms with Crippen molar-refractivity contribution in [3.63, 3.8) is 0 Å². The van der Waals surface area contributed by atoms with Crippen molar-refractivity contribution in [2.75, 3.05) is 13.6 Å². The van der Waals surface area contributed by atoms with Crippen molar-refractivity contribution in [1.82, 2.24) is 4.90 Å². The zero-order valence-corrected chi connectivity index (χ0v) is 20.9. The maximum absolute atomic E-state index is 12.6. The van der Waals surface area contributed by atoms with Gasteiger partial charge in [-0.1, -0.05) is 93.6 Å². The summed E-state index contributed by atoms with van der Waals surface area (Å²) in [5.41, 5.74) is 9.63. The summed E-state index contributed by atoms with van der Waals surface area (Å²) < 4.78 is 0. The molecule has 1 amide bonds. The van der Waals surface area contributed by atoms with Crippen LogP contribution in [0.4, 0.5) is 0 Å². The third-order valence-corrected chi connectivity index (χ3v) is 6.19. The largest absolute Gasteiger partial charge is 0.341 e. The van der Waals surface area contributed by atoms with Gasteiger partial charge < -0.3 is 10.6 Å². The molecule has 0 aliphatic rings. The first-order chi connectivity index (χ1) is 15.2. The molecule has 0 bridgehead atoms. The topological polar surface area (TPSA) is 46.3 Å². The Morgan fingerprint density at radius 2 is 1.53 bits per heavy atom. The molecule has 2 rings (SSSR count). The number of nitrogens with zero attached hydrogens (tertiary/aromatic N) is 1. The van der Waals surface area contributed by atoms with Gasteiger partial charge in [-0.25, -0.2) is 0 Å². The maximum atomic E-state index is 12.6. The summed E-state index contributed by atoms with van der Waals surface area (Å²) in [6.07, 6.45) is 11.0. The highest BCUT2D eigenvalue weighted by Crippen LogP contribution is 2.28. The van der Waals surface area contributed by atoms with Gasteiger partial charge in [-0.3, -0.25) is 4.79 Å².